The van der Waals surface area contributed by atoms with E-state index in [1.54, 1.807) is 6.92 Å². The monoisotopic (exact) mass is 382 g/mol. The molecule has 0 saturated carbocycles. The van der Waals surface area contributed by atoms with Gasteiger partial charge in [0.2, 0.25) is 5.91 Å². The van der Waals surface area contributed by atoms with Crippen molar-refractivity contribution in [3.63, 3.8) is 0 Å². The number of rotatable bonds is 6. The van der Waals surface area contributed by atoms with E-state index in [0.29, 0.717) is 15.7 Å². The van der Waals surface area contributed by atoms with Gasteiger partial charge in [-0.15, -0.1) is 0 Å². The molecule has 9 heteroatoms. The summed E-state index contributed by atoms with van der Waals surface area (Å²) in [4.78, 5) is 22.3. The van der Waals surface area contributed by atoms with Gasteiger partial charge < -0.3 is 0 Å². The first-order valence-corrected chi connectivity index (χ1v) is 9.17. The average Bonchev–Trinajstić information content (AvgIpc) is 2.57. The quantitative estimate of drug-likeness (QED) is 0.559. The number of nitrogens with zero attached hydrogens (tertiary/aromatic N) is 2. The van der Waals surface area contributed by atoms with Crippen LogP contribution in [-0.2, 0) is 14.8 Å². The molecule has 0 radical (unpaired) electrons. The summed E-state index contributed by atoms with van der Waals surface area (Å²) in [5.74, 6) is -0.594. The maximum absolute atomic E-state index is 12.9. The van der Waals surface area contributed by atoms with Crippen LogP contribution in [-0.4, -0.2) is 19.2 Å². The van der Waals surface area contributed by atoms with Crippen molar-refractivity contribution in [1.82, 2.24) is 0 Å². The molecule has 0 atom stereocenters. The third-order valence-corrected chi connectivity index (χ3v) is 5.35. The van der Waals surface area contributed by atoms with Gasteiger partial charge in [0, 0.05) is 23.6 Å². The van der Waals surface area contributed by atoms with E-state index < -0.39 is 20.9 Å². The van der Waals surface area contributed by atoms with E-state index in [0.717, 1.165) is 24.3 Å². The SMILES string of the molecule is CCCC(=O)N(c1ccc(Cl)cc1)S(=O)(=O)c1ccc([N+](=O)[O-])cc1. The van der Waals surface area contributed by atoms with Crippen molar-refractivity contribution in [3.05, 3.63) is 63.7 Å². The van der Waals surface area contributed by atoms with E-state index in [1.165, 1.54) is 24.3 Å². The third-order valence-electron chi connectivity index (χ3n) is 3.34. The lowest BCUT2D eigenvalue weighted by molar-refractivity contribution is -0.384. The molecule has 1 amide bonds. The van der Waals surface area contributed by atoms with Gasteiger partial charge in [0.1, 0.15) is 0 Å². The van der Waals surface area contributed by atoms with Gasteiger partial charge in [-0.05, 0) is 42.8 Å². The van der Waals surface area contributed by atoms with Crippen LogP contribution in [0, 0.1) is 10.1 Å². The fourth-order valence-electron chi connectivity index (χ4n) is 2.15. The summed E-state index contributed by atoms with van der Waals surface area (Å²) in [5, 5.41) is 11.1. The Labute approximate surface area is 150 Å². The molecule has 25 heavy (non-hydrogen) atoms. The highest BCUT2D eigenvalue weighted by Gasteiger charge is 2.30. The lowest BCUT2D eigenvalue weighted by atomic mass is 10.3. The van der Waals surface area contributed by atoms with Crippen molar-refractivity contribution < 1.29 is 18.1 Å². The maximum Gasteiger partial charge on any atom is 0.270 e. The number of anilines is 1. The van der Waals surface area contributed by atoms with Crippen LogP contribution in [0.2, 0.25) is 5.02 Å². The van der Waals surface area contributed by atoms with E-state index in [2.05, 4.69) is 0 Å². The van der Waals surface area contributed by atoms with Crippen LogP contribution >= 0.6 is 11.6 Å². The zero-order valence-electron chi connectivity index (χ0n) is 13.3. The minimum Gasteiger partial charge on any atom is -0.273 e. The molecule has 0 unspecified atom stereocenters. The van der Waals surface area contributed by atoms with Gasteiger partial charge in [0.25, 0.3) is 15.7 Å². The minimum atomic E-state index is -4.21. The molecule has 0 aliphatic heterocycles. The summed E-state index contributed by atoms with van der Waals surface area (Å²) < 4.78 is 26.5. The fraction of sp³-hybridized carbons (Fsp3) is 0.188. The Morgan fingerprint density at radius 3 is 2.16 bits per heavy atom. The van der Waals surface area contributed by atoms with Gasteiger partial charge in [-0.3, -0.25) is 14.9 Å². The number of amides is 1. The van der Waals surface area contributed by atoms with Gasteiger partial charge in [0.15, 0.2) is 0 Å². The second-order valence-electron chi connectivity index (χ2n) is 5.14. The van der Waals surface area contributed by atoms with Crippen molar-refractivity contribution in [2.45, 2.75) is 24.7 Å². The summed E-state index contributed by atoms with van der Waals surface area (Å²) in [5.41, 5.74) is -0.0851. The Morgan fingerprint density at radius 1 is 1.12 bits per heavy atom. The summed E-state index contributed by atoms with van der Waals surface area (Å²) in [6.45, 7) is 1.76. The summed E-state index contributed by atoms with van der Waals surface area (Å²) in [7, 11) is -4.21. The molecule has 0 N–H and O–H groups in total. The zero-order chi connectivity index (χ0) is 18.6. The summed E-state index contributed by atoms with van der Waals surface area (Å²) in [6.07, 6.45) is 0.507. The standard InChI is InChI=1S/C16H15ClN2O5S/c1-2-3-16(20)18(13-6-4-12(17)5-7-13)25(23,24)15-10-8-14(9-11-15)19(21)22/h4-11H,2-3H2,1H3. The van der Waals surface area contributed by atoms with Crippen molar-refractivity contribution in [1.29, 1.82) is 0 Å². The van der Waals surface area contributed by atoms with Crippen LogP contribution in [0.25, 0.3) is 0 Å². The zero-order valence-corrected chi connectivity index (χ0v) is 14.8. The Bertz CT molecular complexity index is 880. The number of hydrogen-bond acceptors (Lipinski definition) is 5. The molecular weight excluding hydrogens is 368 g/mol. The van der Waals surface area contributed by atoms with Crippen molar-refractivity contribution in [3.8, 4) is 0 Å². The number of hydrogen-bond donors (Lipinski definition) is 0. The van der Waals surface area contributed by atoms with Crippen LogP contribution in [0.3, 0.4) is 0 Å². The van der Waals surface area contributed by atoms with Gasteiger partial charge in [-0.25, -0.2) is 12.7 Å². The first-order valence-electron chi connectivity index (χ1n) is 7.35. The van der Waals surface area contributed by atoms with E-state index in [9.17, 15) is 23.3 Å². The van der Waals surface area contributed by atoms with Crippen LogP contribution < -0.4 is 4.31 Å². The van der Waals surface area contributed by atoms with Gasteiger partial charge in [-0.2, -0.15) is 0 Å². The number of carbonyl (C=O) groups excluding carboxylic acids is 1. The lowest BCUT2D eigenvalue weighted by Crippen LogP contribution is -2.36. The van der Waals surface area contributed by atoms with Gasteiger partial charge in [-0.1, -0.05) is 18.5 Å². The molecule has 0 fully saturated rings. The topological polar surface area (TPSA) is 97.6 Å². The molecule has 0 bridgehead atoms. The smallest absolute Gasteiger partial charge is 0.270 e. The molecule has 0 saturated heterocycles. The molecule has 0 aliphatic rings. The van der Waals surface area contributed by atoms with Crippen LogP contribution in [0.1, 0.15) is 19.8 Å². The second-order valence-corrected chi connectivity index (χ2v) is 7.36. The first-order chi connectivity index (χ1) is 11.8. The van der Waals surface area contributed by atoms with Crippen LogP contribution in [0.5, 0.6) is 0 Å². The number of benzene rings is 2. The molecule has 7 nitrogen and oxygen atoms in total. The maximum atomic E-state index is 12.9. The predicted octanol–water partition coefficient (Wildman–Crippen LogP) is 3.77. The summed E-state index contributed by atoms with van der Waals surface area (Å²) >= 11 is 5.82. The second kappa shape index (κ2) is 7.62. The molecule has 2 aromatic carbocycles. The molecule has 0 aromatic heterocycles. The highest BCUT2D eigenvalue weighted by atomic mass is 35.5. The van der Waals surface area contributed by atoms with E-state index in [-0.39, 0.29) is 22.7 Å². The Balaban J connectivity index is 2.52. The molecule has 0 aliphatic carbocycles. The highest BCUT2D eigenvalue weighted by Crippen LogP contribution is 2.27. The van der Waals surface area contributed by atoms with Gasteiger partial charge >= 0.3 is 0 Å². The number of halogens is 1. The number of non-ortho nitro benzene ring substituents is 1. The number of nitro benzene ring substituents is 1. The highest BCUT2D eigenvalue weighted by molar-refractivity contribution is 7.93. The minimum absolute atomic E-state index is 0.0365. The van der Waals surface area contributed by atoms with Crippen molar-refractivity contribution in [2.24, 2.45) is 0 Å². The molecule has 2 rings (SSSR count). The Kier molecular flexibility index (Phi) is 5.76. The number of carbonyl (C=O) groups is 1. The van der Waals surface area contributed by atoms with Crippen LogP contribution in [0.15, 0.2) is 53.4 Å². The average molecular weight is 383 g/mol. The molecular formula is C16H15ClN2O5S. The van der Waals surface area contributed by atoms with E-state index in [4.69, 9.17) is 11.6 Å². The lowest BCUT2D eigenvalue weighted by Gasteiger charge is -2.22. The Morgan fingerprint density at radius 2 is 1.68 bits per heavy atom. The van der Waals surface area contributed by atoms with Gasteiger partial charge in [0.05, 0.1) is 15.5 Å². The molecule has 0 spiro atoms. The molecule has 0 heterocycles. The van der Waals surface area contributed by atoms with Crippen LogP contribution in [0.4, 0.5) is 11.4 Å². The summed E-state index contributed by atoms with van der Waals surface area (Å²) in [6, 6.07) is 10.2. The van der Waals surface area contributed by atoms with Crippen molar-refractivity contribution >= 4 is 38.9 Å². The fourth-order valence-corrected chi connectivity index (χ4v) is 3.73. The van der Waals surface area contributed by atoms with E-state index in [1.807, 2.05) is 0 Å². The van der Waals surface area contributed by atoms with Crippen molar-refractivity contribution in [2.75, 3.05) is 4.31 Å². The van der Waals surface area contributed by atoms with E-state index >= 15 is 0 Å². The molecule has 132 valence electrons. The normalized spacial score (nSPS) is 11.1. The Hall–Kier alpha value is -2.45. The number of nitro groups is 1. The largest absolute Gasteiger partial charge is 0.273 e. The first kappa shape index (κ1) is 18.9. The number of sulfonamides is 1. The molecule has 2 aromatic rings. The third kappa shape index (κ3) is 4.15. The predicted molar refractivity (Wildman–Crippen MR) is 94.1 cm³/mol.